The highest BCUT2D eigenvalue weighted by Gasteiger charge is 2.28. The SMILES string of the molecule is Cc1cc(NC(=O)CN(CCC(C)C)S(=O)(=O)c2ccc3c(c2)OCCO3)no1. The lowest BCUT2D eigenvalue weighted by Crippen LogP contribution is -2.39. The summed E-state index contributed by atoms with van der Waals surface area (Å²) in [4.78, 5) is 12.5. The number of fused-ring (bicyclic) bond motifs is 1. The van der Waals surface area contributed by atoms with Crippen LogP contribution < -0.4 is 14.8 Å². The molecule has 0 atom stereocenters. The molecule has 1 aliphatic rings. The fourth-order valence-electron chi connectivity index (χ4n) is 2.79. The summed E-state index contributed by atoms with van der Waals surface area (Å²) in [6.07, 6.45) is 0.611. The van der Waals surface area contributed by atoms with Crippen molar-refractivity contribution >= 4 is 21.7 Å². The molecule has 29 heavy (non-hydrogen) atoms. The Morgan fingerprint density at radius 3 is 2.59 bits per heavy atom. The number of hydrogen-bond donors (Lipinski definition) is 1. The molecular weight excluding hydrogens is 398 g/mol. The molecule has 0 fully saturated rings. The number of ether oxygens (including phenoxy) is 2. The first-order valence-corrected chi connectivity index (χ1v) is 10.8. The Morgan fingerprint density at radius 1 is 1.21 bits per heavy atom. The van der Waals surface area contributed by atoms with Crippen LogP contribution in [0.5, 0.6) is 11.5 Å². The molecule has 0 radical (unpaired) electrons. The Labute approximate surface area is 170 Å². The summed E-state index contributed by atoms with van der Waals surface area (Å²) in [6.45, 7) is 6.33. The molecule has 0 saturated carbocycles. The van der Waals surface area contributed by atoms with Gasteiger partial charge in [0, 0.05) is 18.7 Å². The van der Waals surface area contributed by atoms with Crippen molar-refractivity contribution < 1.29 is 27.2 Å². The zero-order valence-corrected chi connectivity index (χ0v) is 17.5. The molecule has 9 nitrogen and oxygen atoms in total. The number of amides is 1. The van der Waals surface area contributed by atoms with E-state index < -0.39 is 15.9 Å². The topological polar surface area (TPSA) is 111 Å². The molecule has 0 spiro atoms. The zero-order valence-electron chi connectivity index (χ0n) is 16.7. The first-order chi connectivity index (χ1) is 13.8. The van der Waals surface area contributed by atoms with E-state index in [0.717, 1.165) is 0 Å². The number of nitrogens with one attached hydrogen (secondary N) is 1. The van der Waals surface area contributed by atoms with Gasteiger partial charge in [0.2, 0.25) is 15.9 Å². The highest BCUT2D eigenvalue weighted by Crippen LogP contribution is 2.33. The van der Waals surface area contributed by atoms with Crippen molar-refractivity contribution in [3.8, 4) is 11.5 Å². The Balaban J connectivity index is 1.81. The number of hydrogen-bond acceptors (Lipinski definition) is 7. The Morgan fingerprint density at radius 2 is 1.93 bits per heavy atom. The van der Waals surface area contributed by atoms with E-state index >= 15 is 0 Å². The maximum Gasteiger partial charge on any atom is 0.243 e. The number of benzene rings is 1. The standard InChI is InChI=1S/C19H25N3O6S/c1-13(2)6-7-22(12-19(23)20-18-10-14(3)28-21-18)29(24,25)15-4-5-16-17(11-15)27-9-8-26-16/h4-5,10-11,13H,6-9,12H2,1-3H3,(H,20,21,23). The second-order valence-electron chi connectivity index (χ2n) is 7.20. The average Bonchev–Trinajstić information content (AvgIpc) is 3.08. The molecule has 0 aliphatic carbocycles. The van der Waals surface area contributed by atoms with E-state index in [-0.39, 0.29) is 29.7 Å². The van der Waals surface area contributed by atoms with Crippen molar-refractivity contribution in [1.29, 1.82) is 0 Å². The fraction of sp³-hybridized carbons (Fsp3) is 0.474. The maximum absolute atomic E-state index is 13.2. The van der Waals surface area contributed by atoms with Crippen LogP contribution in [-0.2, 0) is 14.8 Å². The average molecular weight is 423 g/mol. The first kappa shape index (κ1) is 21.1. The second kappa shape index (κ2) is 8.83. The van der Waals surface area contributed by atoms with Gasteiger partial charge in [0.25, 0.3) is 0 Å². The van der Waals surface area contributed by atoms with Crippen LogP contribution in [0.4, 0.5) is 5.82 Å². The molecule has 1 amide bonds. The van der Waals surface area contributed by atoms with Crippen LogP contribution >= 0.6 is 0 Å². The summed E-state index contributed by atoms with van der Waals surface area (Å²) in [5.41, 5.74) is 0. The van der Waals surface area contributed by atoms with E-state index in [2.05, 4.69) is 10.5 Å². The number of sulfonamides is 1. The van der Waals surface area contributed by atoms with Gasteiger partial charge >= 0.3 is 0 Å². The van der Waals surface area contributed by atoms with Gasteiger partial charge in [0.1, 0.15) is 19.0 Å². The quantitative estimate of drug-likeness (QED) is 0.694. The molecule has 0 saturated heterocycles. The number of nitrogens with zero attached hydrogens (tertiary/aromatic N) is 2. The molecule has 1 N–H and O–H groups in total. The second-order valence-corrected chi connectivity index (χ2v) is 9.14. The smallest absolute Gasteiger partial charge is 0.243 e. The van der Waals surface area contributed by atoms with Crippen molar-refractivity contribution in [2.24, 2.45) is 5.92 Å². The third-order valence-corrected chi connectivity index (χ3v) is 6.16. The highest BCUT2D eigenvalue weighted by molar-refractivity contribution is 7.89. The summed E-state index contributed by atoms with van der Waals surface area (Å²) in [7, 11) is -3.92. The fourth-order valence-corrected chi connectivity index (χ4v) is 4.21. The normalized spacial score (nSPS) is 13.7. The van der Waals surface area contributed by atoms with Crippen molar-refractivity contribution in [2.45, 2.75) is 32.1 Å². The molecule has 2 heterocycles. The minimum Gasteiger partial charge on any atom is -0.486 e. The van der Waals surface area contributed by atoms with Crippen LogP contribution in [0.1, 0.15) is 26.0 Å². The van der Waals surface area contributed by atoms with Gasteiger partial charge in [-0.1, -0.05) is 19.0 Å². The van der Waals surface area contributed by atoms with Gasteiger partial charge in [-0.25, -0.2) is 8.42 Å². The Hall–Kier alpha value is -2.59. The van der Waals surface area contributed by atoms with Crippen molar-refractivity contribution in [3.63, 3.8) is 0 Å². The van der Waals surface area contributed by atoms with Crippen molar-refractivity contribution in [3.05, 3.63) is 30.0 Å². The zero-order chi connectivity index (χ0) is 21.0. The van der Waals surface area contributed by atoms with Crippen LogP contribution in [0.25, 0.3) is 0 Å². The molecule has 3 rings (SSSR count). The molecule has 0 bridgehead atoms. The number of carbonyl (C=O) groups excluding carboxylic acids is 1. The Bertz CT molecular complexity index is 970. The van der Waals surface area contributed by atoms with E-state index in [1.54, 1.807) is 19.1 Å². The third-order valence-electron chi connectivity index (χ3n) is 4.32. The van der Waals surface area contributed by atoms with Gasteiger partial charge in [0.05, 0.1) is 11.4 Å². The molecule has 1 aromatic carbocycles. The van der Waals surface area contributed by atoms with E-state index in [9.17, 15) is 13.2 Å². The molecular formula is C19H25N3O6S. The number of aryl methyl sites for hydroxylation is 1. The predicted octanol–water partition coefficient (Wildman–Crippen LogP) is 2.43. The van der Waals surface area contributed by atoms with E-state index in [0.29, 0.717) is 36.9 Å². The highest BCUT2D eigenvalue weighted by atomic mass is 32.2. The summed E-state index contributed by atoms with van der Waals surface area (Å²) in [5.74, 6) is 1.44. The van der Waals surface area contributed by atoms with Crippen LogP contribution in [0, 0.1) is 12.8 Å². The van der Waals surface area contributed by atoms with Gasteiger partial charge < -0.3 is 19.3 Å². The van der Waals surface area contributed by atoms with Gasteiger partial charge in [-0.05, 0) is 31.4 Å². The minimum atomic E-state index is -3.92. The van der Waals surface area contributed by atoms with Gasteiger partial charge in [-0.3, -0.25) is 4.79 Å². The Kier molecular flexibility index (Phi) is 6.43. The molecule has 1 aromatic heterocycles. The third kappa shape index (κ3) is 5.27. The lowest BCUT2D eigenvalue weighted by molar-refractivity contribution is -0.116. The van der Waals surface area contributed by atoms with E-state index in [4.69, 9.17) is 14.0 Å². The predicted molar refractivity (Wildman–Crippen MR) is 106 cm³/mol. The molecule has 0 unspecified atom stereocenters. The largest absolute Gasteiger partial charge is 0.486 e. The minimum absolute atomic E-state index is 0.0515. The molecule has 10 heteroatoms. The number of carbonyl (C=O) groups is 1. The summed E-state index contributed by atoms with van der Waals surface area (Å²) in [5, 5.41) is 6.26. The molecule has 1 aliphatic heterocycles. The van der Waals surface area contributed by atoms with Crippen molar-refractivity contribution in [2.75, 3.05) is 31.6 Å². The number of anilines is 1. The van der Waals surface area contributed by atoms with Gasteiger partial charge in [0.15, 0.2) is 17.3 Å². The summed E-state index contributed by atoms with van der Waals surface area (Å²) < 4.78 is 43.5. The van der Waals surface area contributed by atoms with Crippen LogP contribution in [0.15, 0.2) is 33.7 Å². The van der Waals surface area contributed by atoms with E-state index in [1.165, 1.54) is 16.4 Å². The van der Waals surface area contributed by atoms with Gasteiger partial charge in [-0.15, -0.1) is 0 Å². The monoisotopic (exact) mass is 423 g/mol. The lowest BCUT2D eigenvalue weighted by Gasteiger charge is -2.24. The van der Waals surface area contributed by atoms with E-state index in [1.807, 2.05) is 13.8 Å². The first-order valence-electron chi connectivity index (χ1n) is 9.38. The van der Waals surface area contributed by atoms with Crippen LogP contribution in [-0.4, -0.2) is 50.1 Å². The van der Waals surface area contributed by atoms with Crippen molar-refractivity contribution in [1.82, 2.24) is 9.46 Å². The summed E-state index contributed by atoms with van der Waals surface area (Å²) in [6, 6.07) is 6.03. The summed E-state index contributed by atoms with van der Waals surface area (Å²) >= 11 is 0. The lowest BCUT2D eigenvalue weighted by atomic mass is 10.1. The number of rotatable bonds is 8. The van der Waals surface area contributed by atoms with Crippen LogP contribution in [0.3, 0.4) is 0 Å². The number of aromatic nitrogens is 1. The van der Waals surface area contributed by atoms with Gasteiger partial charge in [-0.2, -0.15) is 4.31 Å². The maximum atomic E-state index is 13.2. The van der Waals surface area contributed by atoms with Crippen LogP contribution in [0.2, 0.25) is 0 Å². The molecule has 158 valence electrons. The molecule has 2 aromatic rings.